The Kier molecular flexibility index (Phi) is 2.61. The Bertz CT molecular complexity index is 374. The first-order valence-electron chi connectivity index (χ1n) is 3.73. The molecule has 0 spiro atoms. The number of nitrogen functional groups attached to an aromatic ring is 1. The second-order valence-electron chi connectivity index (χ2n) is 2.92. The molecule has 0 saturated carbocycles. The zero-order chi connectivity index (χ0) is 10.2. The van der Waals surface area contributed by atoms with Crippen LogP contribution in [0.2, 0.25) is 0 Å². The first kappa shape index (κ1) is 10.1. The molecule has 0 radical (unpaired) electrons. The molecule has 0 amide bonds. The summed E-state index contributed by atoms with van der Waals surface area (Å²) in [5, 5.41) is 8.86. The summed E-state index contributed by atoms with van der Waals surface area (Å²) < 4.78 is 0.663. The zero-order valence-corrected chi connectivity index (χ0v) is 8.97. The quantitative estimate of drug-likeness (QED) is 0.745. The van der Waals surface area contributed by atoms with Gasteiger partial charge in [0.15, 0.2) is 0 Å². The van der Waals surface area contributed by atoms with Crippen LogP contribution in [0.4, 0.5) is 5.69 Å². The molecule has 0 aliphatic rings. The van der Waals surface area contributed by atoms with Gasteiger partial charge in [-0.1, -0.05) is 6.07 Å². The van der Waals surface area contributed by atoms with Crippen molar-refractivity contribution in [2.45, 2.75) is 13.8 Å². The number of benzene rings is 1. The standard InChI is InChI=1S/C9H10BrNO2/c1-4-3-5(2)7(10)8(11)6(4)9(12)13/h3H,11H2,1-2H3,(H,12,13). The van der Waals surface area contributed by atoms with Crippen LogP contribution in [-0.2, 0) is 0 Å². The Morgan fingerprint density at radius 1 is 1.46 bits per heavy atom. The summed E-state index contributed by atoms with van der Waals surface area (Å²) in [6.07, 6.45) is 0. The fourth-order valence-corrected chi connectivity index (χ4v) is 1.59. The third-order valence-corrected chi connectivity index (χ3v) is 2.95. The lowest BCUT2D eigenvalue weighted by Crippen LogP contribution is -2.06. The number of anilines is 1. The third-order valence-electron chi connectivity index (χ3n) is 1.89. The average Bonchev–Trinajstić information content (AvgIpc) is 1.99. The van der Waals surface area contributed by atoms with Gasteiger partial charge in [0.05, 0.1) is 11.3 Å². The van der Waals surface area contributed by atoms with Crippen molar-refractivity contribution in [3.05, 3.63) is 27.2 Å². The predicted octanol–water partition coefficient (Wildman–Crippen LogP) is 2.35. The van der Waals surface area contributed by atoms with Crippen LogP contribution in [0.15, 0.2) is 10.5 Å². The molecule has 0 aromatic heterocycles. The molecule has 0 aliphatic heterocycles. The van der Waals surface area contributed by atoms with Crippen molar-refractivity contribution in [2.75, 3.05) is 5.73 Å². The Labute approximate surface area is 84.7 Å². The van der Waals surface area contributed by atoms with E-state index in [2.05, 4.69) is 15.9 Å². The maximum absolute atomic E-state index is 10.8. The van der Waals surface area contributed by atoms with Crippen LogP contribution in [0.5, 0.6) is 0 Å². The van der Waals surface area contributed by atoms with Gasteiger partial charge in [0.1, 0.15) is 0 Å². The zero-order valence-electron chi connectivity index (χ0n) is 7.39. The first-order valence-corrected chi connectivity index (χ1v) is 4.53. The van der Waals surface area contributed by atoms with Crippen LogP contribution >= 0.6 is 15.9 Å². The van der Waals surface area contributed by atoms with E-state index in [9.17, 15) is 4.79 Å². The van der Waals surface area contributed by atoms with E-state index in [4.69, 9.17) is 10.8 Å². The van der Waals surface area contributed by atoms with Crippen LogP contribution in [-0.4, -0.2) is 11.1 Å². The molecule has 70 valence electrons. The molecular formula is C9H10BrNO2. The maximum atomic E-state index is 10.8. The monoisotopic (exact) mass is 243 g/mol. The molecular weight excluding hydrogens is 234 g/mol. The number of aryl methyl sites for hydroxylation is 2. The highest BCUT2D eigenvalue weighted by Gasteiger charge is 2.15. The third kappa shape index (κ3) is 1.67. The topological polar surface area (TPSA) is 63.3 Å². The Morgan fingerprint density at radius 2 is 2.00 bits per heavy atom. The average molecular weight is 244 g/mol. The van der Waals surface area contributed by atoms with Crippen molar-refractivity contribution in [3.63, 3.8) is 0 Å². The van der Waals surface area contributed by atoms with Crippen molar-refractivity contribution < 1.29 is 9.90 Å². The molecule has 13 heavy (non-hydrogen) atoms. The van der Waals surface area contributed by atoms with Crippen molar-refractivity contribution in [2.24, 2.45) is 0 Å². The van der Waals surface area contributed by atoms with Gasteiger partial charge in [-0.2, -0.15) is 0 Å². The number of hydrogen-bond acceptors (Lipinski definition) is 2. The van der Waals surface area contributed by atoms with Crippen LogP contribution in [0, 0.1) is 13.8 Å². The van der Waals surface area contributed by atoms with Crippen LogP contribution in [0.3, 0.4) is 0 Å². The minimum absolute atomic E-state index is 0.178. The van der Waals surface area contributed by atoms with Gasteiger partial charge in [-0.25, -0.2) is 4.79 Å². The van der Waals surface area contributed by atoms with E-state index in [-0.39, 0.29) is 5.56 Å². The Balaban J connectivity index is 3.53. The largest absolute Gasteiger partial charge is 0.478 e. The Hall–Kier alpha value is -1.03. The minimum atomic E-state index is -0.990. The summed E-state index contributed by atoms with van der Waals surface area (Å²) >= 11 is 3.24. The van der Waals surface area contributed by atoms with Gasteiger partial charge in [0, 0.05) is 4.47 Å². The summed E-state index contributed by atoms with van der Waals surface area (Å²) in [7, 11) is 0. The molecule has 3 N–H and O–H groups in total. The van der Waals surface area contributed by atoms with Crippen molar-refractivity contribution in [3.8, 4) is 0 Å². The molecule has 1 aromatic rings. The molecule has 3 nitrogen and oxygen atoms in total. The smallest absolute Gasteiger partial charge is 0.338 e. The Morgan fingerprint density at radius 3 is 2.46 bits per heavy atom. The lowest BCUT2D eigenvalue weighted by atomic mass is 10.0. The summed E-state index contributed by atoms with van der Waals surface area (Å²) in [5.41, 5.74) is 7.76. The van der Waals surface area contributed by atoms with Crippen LogP contribution in [0.25, 0.3) is 0 Å². The van der Waals surface area contributed by atoms with Gasteiger partial charge < -0.3 is 10.8 Å². The number of nitrogens with two attached hydrogens (primary N) is 1. The van der Waals surface area contributed by atoms with Crippen LogP contribution in [0.1, 0.15) is 21.5 Å². The van der Waals surface area contributed by atoms with E-state index in [1.54, 1.807) is 13.0 Å². The summed E-state index contributed by atoms with van der Waals surface area (Å²) in [6.45, 7) is 3.61. The van der Waals surface area contributed by atoms with E-state index in [0.29, 0.717) is 15.7 Å². The van der Waals surface area contributed by atoms with Gasteiger partial charge in [-0.15, -0.1) is 0 Å². The summed E-state index contributed by atoms with van der Waals surface area (Å²) in [5.74, 6) is -0.990. The van der Waals surface area contributed by atoms with Gasteiger partial charge in [-0.05, 0) is 40.9 Å². The highest BCUT2D eigenvalue weighted by atomic mass is 79.9. The predicted molar refractivity (Wildman–Crippen MR) is 55.0 cm³/mol. The van der Waals surface area contributed by atoms with Crippen molar-refractivity contribution in [1.82, 2.24) is 0 Å². The van der Waals surface area contributed by atoms with Gasteiger partial charge >= 0.3 is 5.97 Å². The van der Waals surface area contributed by atoms with E-state index >= 15 is 0 Å². The number of carboxylic acid groups (broad SMARTS) is 1. The lowest BCUT2D eigenvalue weighted by molar-refractivity contribution is 0.0697. The maximum Gasteiger partial charge on any atom is 0.338 e. The van der Waals surface area contributed by atoms with E-state index in [0.717, 1.165) is 5.56 Å². The van der Waals surface area contributed by atoms with Crippen molar-refractivity contribution >= 4 is 27.6 Å². The number of rotatable bonds is 1. The first-order chi connectivity index (χ1) is 5.95. The summed E-state index contributed by atoms with van der Waals surface area (Å²) in [6, 6.07) is 1.80. The number of hydrogen-bond donors (Lipinski definition) is 2. The molecule has 4 heteroatoms. The number of halogens is 1. The molecule has 0 bridgehead atoms. The summed E-state index contributed by atoms with van der Waals surface area (Å²) in [4.78, 5) is 10.8. The van der Waals surface area contributed by atoms with Crippen molar-refractivity contribution in [1.29, 1.82) is 0 Å². The van der Waals surface area contributed by atoms with Crippen LogP contribution < -0.4 is 5.73 Å². The highest BCUT2D eigenvalue weighted by Crippen LogP contribution is 2.29. The molecule has 1 rings (SSSR count). The minimum Gasteiger partial charge on any atom is -0.478 e. The molecule has 1 aromatic carbocycles. The van der Waals surface area contributed by atoms with Gasteiger partial charge in [-0.3, -0.25) is 0 Å². The number of aromatic carboxylic acids is 1. The van der Waals surface area contributed by atoms with E-state index in [1.807, 2.05) is 6.92 Å². The second kappa shape index (κ2) is 3.38. The molecule has 0 unspecified atom stereocenters. The van der Waals surface area contributed by atoms with Gasteiger partial charge in [0.2, 0.25) is 0 Å². The van der Waals surface area contributed by atoms with Gasteiger partial charge in [0.25, 0.3) is 0 Å². The number of carboxylic acids is 1. The molecule has 0 fully saturated rings. The molecule has 0 atom stereocenters. The fraction of sp³-hybridized carbons (Fsp3) is 0.222. The normalized spacial score (nSPS) is 10.1. The SMILES string of the molecule is Cc1cc(C)c(C(=O)O)c(N)c1Br. The highest BCUT2D eigenvalue weighted by molar-refractivity contribution is 9.10. The lowest BCUT2D eigenvalue weighted by Gasteiger charge is -2.09. The second-order valence-corrected chi connectivity index (χ2v) is 3.71. The molecule has 0 aliphatic carbocycles. The van der Waals surface area contributed by atoms with E-state index < -0.39 is 5.97 Å². The molecule has 0 saturated heterocycles. The van der Waals surface area contributed by atoms with E-state index in [1.165, 1.54) is 0 Å². The fourth-order valence-electron chi connectivity index (χ4n) is 1.28. The molecule has 0 heterocycles. The number of carbonyl (C=O) groups is 1.